The van der Waals surface area contributed by atoms with E-state index in [1.165, 1.54) is 0 Å². The normalized spacial score (nSPS) is 18.7. The van der Waals surface area contributed by atoms with Crippen molar-refractivity contribution in [2.75, 3.05) is 13.7 Å². The van der Waals surface area contributed by atoms with Gasteiger partial charge in [-0.1, -0.05) is 34.6 Å². The second kappa shape index (κ2) is 8.28. The van der Waals surface area contributed by atoms with Crippen LogP contribution in [0, 0.1) is 23.2 Å². The van der Waals surface area contributed by atoms with Gasteiger partial charge in [0.25, 0.3) is 0 Å². The van der Waals surface area contributed by atoms with Gasteiger partial charge in [-0.2, -0.15) is 5.26 Å². The Morgan fingerprint density at radius 1 is 1.24 bits per heavy atom. The summed E-state index contributed by atoms with van der Waals surface area (Å²) in [6.07, 6.45) is -0.363. The lowest BCUT2D eigenvalue weighted by Crippen LogP contribution is -2.45. The van der Waals surface area contributed by atoms with Crippen LogP contribution in [-0.4, -0.2) is 39.3 Å². The molecule has 1 N–H and O–H groups in total. The van der Waals surface area contributed by atoms with Gasteiger partial charge in [-0.3, -0.25) is 0 Å². The van der Waals surface area contributed by atoms with E-state index < -0.39 is 14.4 Å². The summed E-state index contributed by atoms with van der Waals surface area (Å²) in [6, 6.07) is 2.11. The lowest BCUT2D eigenvalue weighted by molar-refractivity contribution is -0.0463. The molecule has 0 heterocycles. The summed E-state index contributed by atoms with van der Waals surface area (Å²) in [5.41, 5.74) is 0. The quantitative estimate of drug-likeness (QED) is 0.696. The maximum absolute atomic E-state index is 10.3. The molecule has 0 radical (unpaired) electrons. The molecule has 0 aliphatic rings. The zero-order valence-corrected chi connectivity index (χ0v) is 15.9. The fourth-order valence-electron chi connectivity index (χ4n) is 1.94. The number of nitrogens with zero attached hydrogens (tertiary/aromatic N) is 1. The Bertz CT molecular complexity index is 346. The van der Waals surface area contributed by atoms with Crippen LogP contribution in [0.5, 0.6) is 0 Å². The van der Waals surface area contributed by atoms with E-state index in [0.29, 0.717) is 13.0 Å². The molecule has 0 amide bonds. The number of aliphatic hydroxyl groups is 1. The van der Waals surface area contributed by atoms with Crippen LogP contribution in [0.15, 0.2) is 0 Å². The summed E-state index contributed by atoms with van der Waals surface area (Å²) >= 11 is 0. The third kappa shape index (κ3) is 6.07. The Kier molecular flexibility index (Phi) is 8.12. The van der Waals surface area contributed by atoms with Gasteiger partial charge < -0.3 is 14.3 Å². The molecule has 5 heteroatoms. The predicted molar refractivity (Wildman–Crippen MR) is 88.5 cm³/mol. The van der Waals surface area contributed by atoms with Crippen molar-refractivity contribution in [3.8, 4) is 6.07 Å². The maximum Gasteiger partial charge on any atom is 0.192 e. The summed E-state index contributed by atoms with van der Waals surface area (Å²) in [5, 5.41) is 19.2. The molecule has 0 aromatic carbocycles. The molecule has 0 unspecified atom stereocenters. The average molecular weight is 316 g/mol. The second-order valence-corrected chi connectivity index (χ2v) is 12.3. The minimum absolute atomic E-state index is 0.0597. The van der Waals surface area contributed by atoms with Gasteiger partial charge in [0.05, 0.1) is 24.9 Å². The summed E-state index contributed by atoms with van der Waals surface area (Å²) in [4.78, 5) is 0. The Hall–Kier alpha value is -0.413. The molecule has 124 valence electrons. The number of methoxy groups -OCH3 is 1. The Morgan fingerprint density at radius 2 is 1.76 bits per heavy atom. The van der Waals surface area contributed by atoms with Crippen LogP contribution in [-0.2, 0) is 9.16 Å². The largest absolute Gasteiger partial charge is 0.414 e. The highest BCUT2D eigenvalue weighted by Crippen LogP contribution is 2.37. The third-order valence-corrected chi connectivity index (χ3v) is 9.34. The van der Waals surface area contributed by atoms with Gasteiger partial charge in [0.1, 0.15) is 0 Å². The first-order valence-corrected chi connectivity index (χ1v) is 10.6. The number of rotatable bonds is 8. The number of ether oxygens (including phenoxy) is 1. The van der Waals surface area contributed by atoms with Crippen LogP contribution in [0.2, 0.25) is 18.1 Å². The molecule has 0 bridgehead atoms. The van der Waals surface area contributed by atoms with Crippen LogP contribution in [0.1, 0.15) is 41.0 Å². The zero-order valence-electron chi connectivity index (χ0n) is 14.9. The number of nitriles is 1. The number of hydrogen-bond acceptors (Lipinski definition) is 4. The molecular formula is C16H33NO3Si. The first-order chi connectivity index (χ1) is 9.47. The molecule has 21 heavy (non-hydrogen) atoms. The van der Waals surface area contributed by atoms with E-state index in [1.54, 1.807) is 7.11 Å². The molecule has 0 spiro atoms. The van der Waals surface area contributed by atoms with Gasteiger partial charge in [0, 0.05) is 19.4 Å². The van der Waals surface area contributed by atoms with E-state index >= 15 is 0 Å². The van der Waals surface area contributed by atoms with Crippen molar-refractivity contribution >= 4 is 8.32 Å². The maximum atomic E-state index is 10.3. The first kappa shape index (κ1) is 20.6. The van der Waals surface area contributed by atoms with Crippen molar-refractivity contribution in [2.45, 2.75) is 71.4 Å². The summed E-state index contributed by atoms with van der Waals surface area (Å²) in [7, 11) is -0.170. The molecule has 0 rings (SSSR count). The van der Waals surface area contributed by atoms with Crippen LogP contribution in [0.4, 0.5) is 0 Å². The van der Waals surface area contributed by atoms with Gasteiger partial charge in [-0.25, -0.2) is 0 Å². The van der Waals surface area contributed by atoms with E-state index in [1.807, 2.05) is 13.8 Å². The summed E-state index contributed by atoms with van der Waals surface area (Å²) in [6.45, 7) is 15.4. The lowest BCUT2D eigenvalue weighted by Gasteiger charge is -2.38. The number of aliphatic hydroxyl groups excluding tert-OH is 1. The Balaban J connectivity index is 4.69. The molecule has 0 saturated carbocycles. The standard InChI is InChI=1S/C16H33NO3Si/c1-12(9-10-17)15(18)13(2)14(19-6)11-20-21(7,8)16(3,4)5/h12-15,18H,9,11H2,1-8H3/t12-,13-,14+,15+/m1/s1. The Morgan fingerprint density at radius 3 is 2.14 bits per heavy atom. The Labute approximate surface area is 131 Å². The van der Waals surface area contributed by atoms with Gasteiger partial charge in [0.2, 0.25) is 0 Å². The highest BCUT2D eigenvalue weighted by Gasteiger charge is 2.38. The fourth-order valence-corrected chi connectivity index (χ4v) is 2.96. The fraction of sp³-hybridized carbons (Fsp3) is 0.938. The monoisotopic (exact) mass is 315 g/mol. The van der Waals surface area contributed by atoms with Crippen molar-refractivity contribution in [2.24, 2.45) is 11.8 Å². The topological polar surface area (TPSA) is 62.5 Å². The predicted octanol–water partition coefficient (Wildman–Crippen LogP) is 3.57. The number of hydrogen-bond donors (Lipinski definition) is 1. The summed E-state index contributed by atoms with van der Waals surface area (Å²) in [5.74, 6) is -0.126. The highest BCUT2D eigenvalue weighted by atomic mass is 28.4. The summed E-state index contributed by atoms with van der Waals surface area (Å²) < 4.78 is 11.7. The molecule has 0 aromatic rings. The van der Waals surface area contributed by atoms with Crippen molar-refractivity contribution in [1.29, 1.82) is 5.26 Å². The smallest absolute Gasteiger partial charge is 0.192 e. The highest BCUT2D eigenvalue weighted by molar-refractivity contribution is 6.74. The van der Waals surface area contributed by atoms with E-state index in [9.17, 15) is 5.11 Å². The average Bonchev–Trinajstić information content (AvgIpc) is 2.37. The minimum atomic E-state index is -1.82. The second-order valence-electron chi connectivity index (χ2n) is 7.53. The van der Waals surface area contributed by atoms with Crippen LogP contribution in [0.3, 0.4) is 0 Å². The SMILES string of the molecule is CO[C@@H](CO[Si](C)(C)C(C)(C)C)[C@@H](C)[C@@H](O)[C@H](C)CC#N. The third-order valence-electron chi connectivity index (χ3n) is 4.84. The molecule has 0 aliphatic carbocycles. The molecule has 0 aliphatic heterocycles. The van der Waals surface area contributed by atoms with E-state index in [2.05, 4.69) is 39.9 Å². The molecule has 0 fully saturated rings. The van der Waals surface area contributed by atoms with Gasteiger partial charge in [0.15, 0.2) is 8.32 Å². The molecule has 0 aromatic heterocycles. The minimum Gasteiger partial charge on any atom is -0.414 e. The molecule has 4 atom stereocenters. The van der Waals surface area contributed by atoms with E-state index in [-0.39, 0.29) is 23.0 Å². The van der Waals surface area contributed by atoms with E-state index in [0.717, 1.165) is 0 Å². The van der Waals surface area contributed by atoms with Crippen LogP contribution < -0.4 is 0 Å². The zero-order chi connectivity index (χ0) is 16.8. The first-order valence-electron chi connectivity index (χ1n) is 7.69. The van der Waals surface area contributed by atoms with Gasteiger partial charge in [-0.05, 0) is 24.1 Å². The van der Waals surface area contributed by atoms with Crippen molar-refractivity contribution in [3.05, 3.63) is 0 Å². The van der Waals surface area contributed by atoms with Crippen LogP contribution in [0.25, 0.3) is 0 Å². The molecule has 4 nitrogen and oxygen atoms in total. The van der Waals surface area contributed by atoms with Crippen molar-refractivity contribution in [1.82, 2.24) is 0 Å². The van der Waals surface area contributed by atoms with Crippen molar-refractivity contribution < 1.29 is 14.3 Å². The van der Waals surface area contributed by atoms with Gasteiger partial charge in [-0.15, -0.1) is 0 Å². The van der Waals surface area contributed by atoms with Crippen LogP contribution >= 0.6 is 0 Å². The van der Waals surface area contributed by atoms with E-state index in [4.69, 9.17) is 14.4 Å². The molecular weight excluding hydrogens is 282 g/mol. The van der Waals surface area contributed by atoms with Crippen molar-refractivity contribution in [3.63, 3.8) is 0 Å². The molecule has 0 saturated heterocycles. The van der Waals surface area contributed by atoms with Gasteiger partial charge >= 0.3 is 0 Å². The lowest BCUT2D eigenvalue weighted by atomic mass is 9.88.